The lowest BCUT2D eigenvalue weighted by atomic mass is 10.1. The summed E-state index contributed by atoms with van der Waals surface area (Å²) in [7, 11) is 0. The van der Waals surface area contributed by atoms with Gasteiger partial charge in [0.15, 0.2) is 0 Å². The predicted octanol–water partition coefficient (Wildman–Crippen LogP) is 3.23. The van der Waals surface area contributed by atoms with Crippen molar-refractivity contribution in [1.29, 1.82) is 0 Å². The summed E-state index contributed by atoms with van der Waals surface area (Å²) in [5.74, 6) is -0.486. The van der Waals surface area contributed by atoms with Crippen molar-refractivity contribution in [3.05, 3.63) is 36.8 Å². The fourth-order valence-electron chi connectivity index (χ4n) is 1.33. The van der Waals surface area contributed by atoms with Crippen LogP contribution in [0.15, 0.2) is 21.1 Å². The lowest BCUT2D eigenvalue weighted by Crippen LogP contribution is -2.09. The summed E-state index contributed by atoms with van der Waals surface area (Å²) < 4.78 is 5.76. The molecule has 0 spiro atoms. The van der Waals surface area contributed by atoms with Crippen LogP contribution in [-0.2, 0) is 16.0 Å². The van der Waals surface area contributed by atoms with Gasteiger partial charge < -0.3 is 4.74 Å². The van der Waals surface area contributed by atoms with E-state index < -0.39 is 10.9 Å². The Kier molecular flexibility index (Phi) is 5.07. The highest BCUT2D eigenvalue weighted by molar-refractivity contribution is 9.11. The third-order valence-electron chi connectivity index (χ3n) is 1.93. The molecule has 92 valence electrons. The zero-order valence-electron chi connectivity index (χ0n) is 8.91. The van der Waals surface area contributed by atoms with E-state index in [1.165, 1.54) is 0 Å². The lowest BCUT2D eigenvalue weighted by molar-refractivity contribution is -0.386. The average Bonchev–Trinajstić information content (AvgIpc) is 2.15. The van der Waals surface area contributed by atoms with E-state index in [4.69, 9.17) is 4.74 Å². The molecule has 1 aromatic carbocycles. The zero-order chi connectivity index (χ0) is 13.0. The third kappa shape index (κ3) is 3.78. The van der Waals surface area contributed by atoms with Gasteiger partial charge in [-0.15, -0.1) is 0 Å². The number of carbonyl (C=O) groups is 1. The molecule has 1 rings (SSSR count). The molecule has 0 aliphatic carbocycles. The summed E-state index contributed by atoms with van der Waals surface area (Å²) in [5.41, 5.74) is 0.205. The Morgan fingerprint density at radius 1 is 1.47 bits per heavy atom. The van der Waals surface area contributed by atoms with Crippen molar-refractivity contribution in [1.82, 2.24) is 0 Å². The van der Waals surface area contributed by atoms with E-state index in [9.17, 15) is 14.9 Å². The minimum Gasteiger partial charge on any atom is -0.466 e. The SMILES string of the molecule is CCOC(=O)Cc1cc(Br)cc(Br)c1[N+](=O)[O-]. The van der Waals surface area contributed by atoms with E-state index >= 15 is 0 Å². The molecule has 0 unspecified atom stereocenters. The first kappa shape index (κ1) is 14.1. The monoisotopic (exact) mass is 365 g/mol. The van der Waals surface area contributed by atoms with Gasteiger partial charge in [0.25, 0.3) is 5.69 Å². The number of nitro benzene ring substituents is 1. The topological polar surface area (TPSA) is 69.4 Å². The zero-order valence-corrected chi connectivity index (χ0v) is 12.1. The number of benzene rings is 1. The Morgan fingerprint density at radius 3 is 2.65 bits per heavy atom. The quantitative estimate of drug-likeness (QED) is 0.466. The maximum atomic E-state index is 11.3. The van der Waals surface area contributed by atoms with Gasteiger partial charge in [-0.1, -0.05) is 15.9 Å². The molecule has 1 aromatic rings. The first-order valence-electron chi connectivity index (χ1n) is 4.73. The largest absolute Gasteiger partial charge is 0.466 e. The van der Waals surface area contributed by atoms with E-state index in [1.54, 1.807) is 19.1 Å². The molecule has 0 fully saturated rings. The first-order valence-corrected chi connectivity index (χ1v) is 6.32. The summed E-state index contributed by atoms with van der Waals surface area (Å²) in [6, 6.07) is 3.10. The van der Waals surface area contributed by atoms with Crippen LogP contribution in [0.25, 0.3) is 0 Å². The van der Waals surface area contributed by atoms with E-state index in [0.717, 1.165) is 0 Å². The standard InChI is InChI=1S/C10H9Br2NO4/c1-2-17-9(14)4-6-3-7(11)5-8(12)10(6)13(15)16/h3,5H,2,4H2,1H3. The smallest absolute Gasteiger partial charge is 0.310 e. The van der Waals surface area contributed by atoms with Crippen LogP contribution in [0.4, 0.5) is 5.69 Å². The molecule has 0 aliphatic rings. The van der Waals surface area contributed by atoms with Gasteiger partial charge in [0.2, 0.25) is 0 Å². The van der Waals surface area contributed by atoms with Gasteiger partial charge in [-0.2, -0.15) is 0 Å². The molecule has 0 amide bonds. The lowest BCUT2D eigenvalue weighted by Gasteiger charge is -2.05. The Morgan fingerprint density at radius 2 is 2.12 bits per heavy atom. The highest BCUT2D eigenvalue weighted by Crippen LogP contribution is 2.32. The van der Waals surface area contributed by atoms with E-state index in [1.807, 2.05) is 0 Å². The molecule has 0 atom stereocenters. The van der Waals surface area contributed by atoms with Gasteiger partial charge in [-0.05, 0) is 35.0 Å². The molecule has 0 aliphatic heterocycles. The highest BCUT2D eigenvalue weighted by atomic mass is 79.9. The van der Waals surface area contributed by atoms with Crippen LogP contribution >= 0.6 is 31.9 Å². The summed E-state index contributed by atoms with van der Waals surface area (Å²) in [5, 5.41) is 10.9. The molecule has 0 bridgehead atoms. The van der Waals surface area contributed by atoms with Crippen LogP contribution in [0.5, 0.6) is 0 Å². The molecule has 7 heteroatoms. The number of carbonyl (C=O) groups excluding carboxylic acids is 1. The second-order valence-electron chi connectivity index (χ2n) is 3.13. The summed E-state index contributed by atoms with van der Waals surface area (Å²) in [6.07, 6.45) is -0.123. The van der Waals surface area contributed by atoms with Crippen molar-refractivity contribution in [2.75, 3.05) is 6.61 Å². The minimum absolute atomic E-state index is 0.110. The van der Waals surface area contributed by atoms with Gasteiger partial charge in [0, 0.05) is 10.0 Å². The molecular weight excluding hydrogens is 358 g/mol. The van der Waals surface area contributed by atoms with E-state index in [0.29, 0.717) is 14.5 Å². The molecule has 0 N–H and O–H groups in total. The number of hydrogen-bond donors (Lipinski definition) is 0. The number of esters is 1. The number of rotatable bonds is 4. The molecule has 0 saturated carbocycles. The van der Waals surface area contributed by atoms with Crippen LogP contribution in [0.3, 0.4) is 0 Å². The van der Waals surface area contributed by atoms with Crippen molar-refractivity contribution in [3.8, 4) is 0 Å². The summed E-state index contributed by atoms with van der Waals surface area (Å²) in [6.45, 7) is 1.94. The van der Waals surface area contributed by atoms with Crippen molar-refractivity contribution in [2.45, 2.75) is 13.3 Å². The Hall–Kier alpha value is -0.950. The van der Waals surface area contributed by atoms with Crippen LogP contribution in [0.1, 0.15) is 12.5 Å². The molecular formula is C10H9Br2NO4. The van der Waals surface area contributed by atoms with Gasteiger partial charge >= 0.3 is 5.97 Å². The van der Waals surface area contributed by atoms with Crippen molar-refractivity contribution in [2.24, 2.45) is 0 Å². The van der Waals surface area contributed by atoms with Gasteiger partial charge in [-0.3, -0.25) is 14.9 Å². The number of halogens is 2. The van der Waals surface area contributed by atoms with Gasteiger partial charge in [0.05, 0.1) is 22.4 Å². The van der Waals surface area contributed by atoms with Gasteiger partial charge in [0.1, 0.15) is 0 Å². The van der Waals surface area contributed by atoms with E-state index in [2.05, 4.69) is 31.9 Å². The average molecular weight is 367 g/mol. The van der Waals surface area contributed by atoms with Crippen LogP contribution in [0, 0.1) is 10.1 Å². The number of nitrogens with zero attached hydrogens (tertiary/aromatic N) is 1. The number of nitro groups is 1. The second kappa shape index (κ2) is 6.11. The predicted molar refractivity (Wildman–Crippen MR) is 68.8 cm³/mol. The first-order chi connectivity index (χ1) is 7.95. The van der Waals surface area contributed by atoms with Crippen molar-refractivity contribution >= 4 is 43.5 Å². The molecule has 17 heavy (non-hydrogen) atoms. The van der Waals surface area contributed by atoms with Crippen LogP contribution < -0.4 is 0 Å². The fourth-order valence-corrected chi connectivity index (χ4v) is 2.78. The molecule has 0 aromatic heterocycles. The van der Waals surface area contributed by atoms with Crippen LogP contribution in [-0.4, -0.2) is 17.5 Å². The normalized spacial score (nSPS) is 10.1. The van der Waals surface area contributed by atoms with Crippen molar-refractivity contribution in [3.63, 3.8) is 0 Å². The minimum atomic E-state index is -0.523. The maximum absolute atomic E-state index is 11.3. The highest BCUT2D eigenvalue weighted by Gasteiger charge is 2.21. The number of hydrogen-bond acceptors (Lipinski definition) is 4. The van der Waals surface area contributed by atoms with Crippen LogP contribution in [0.2, 0.25) is 0 Å². The molecule has 5 nitrogen and oxygen atoms in total. The van der Waals surface area contributed by atoms with Gasteiger partial charge in [-0.25, -0.2) is 0 Å². The summed E-state index contributed by atoms with van der Waals surface area (Å²) >= 11 is 6.32. The third-order valence-corrected chi connectivity index (χ3v) is 2.99. The van der Waals surface area contributed by atoms with E-state index in [-0.39, 0.29) is 18.7 Å². The number of ether oxygens (including phenoxy) is 1. The van der Waals surface area contributed by atoms with Crippen molar-refractivity contribution < 1.29 is 14.5 Å². The fraction of sp³-hybridized carbons (Fsp3) is 0.300. The molecule has 0 heterocycles. The molecule has 0 saturated heterocycles. The molecule has 0 radical (unpaired) electrons. The Balaban J connectivity index is 3.12. The second-order valence-corrected chi connectivity index (χ2v) is 4.90. The Labute approximate surface area is 115 Å². The summed E-state index contributed by atoms with van der Waals surface area (Å²) in [4.78, 5) is 21.7. The Bertz CT molecular complexity index is 462. The maximum Gasteiger partial charge on any atom is 0.310 e.